The summed E-state index contributed by atoms with van der Waals surface area (Å²) in [7, 11) is -2.45. The van der Waals surface area contributed by atoms with Gasteiger partial charge >= 0.3 is 0 Å². The van der Waals surface area contributed by atoms with E-state index in [0.29, 0.717) is 5.01 Å². The van der Waals surface area contributed by atoms with Crippen LogP contribution in [0.1, 0.15) is 49.8 Å². The maximum Gasteiger partial charge on any atom is 0.257 e. The number of hydrogen-bond acceptors (Lipinski definition) is 9. The Morgan fingerprint density at radius 2 is 1.49 bits per heavy atom. The van der Waals surface area contributed by atoms with Crippen LogP contribution in [0.25, 0.3) is 0 Å². The molecule has 0 saturated carbocycles. The van der Waals surface area contributed by atoms with Crippen LogP contribution in [0.2, 0.25) is 0 Å². The number of aryl methyl sites for hydroxylation is 1. The van der Waals surface area contributed by atoms with Gasteiger partial charge in [0.25, 0.3) is 17.7 Å². The summed E-state index contributed by atoms with van der Waals surface area (Å²) in [4.78, 5) is 40.0. The molecule has 0 aliphatic rings. The molecule has 0 saturated heterocycles. The molecule has 45 heavy (non-hydrogen) atoms. The number of benzene rings is 3. The number of hydrogen-bond donors (Lipinski definition) is 4. The highest BCUT2D eigenvalue weighted by Gasteiger charge is 2.30. The van der Waals surface area contributed by atoms with Gasteiger partial charge in [0.05, 0.1) is 24.0 Å². The van der Waals surface area contributed by atoms with Crippen LogP contribution in [-0.2, 0) is 21.2 Å². The number of aliphatic hydroxyl groups is 1. The molecule has 0 radical (unpaired) electrons. The summed E-state index contributed by atoms with van der Waals surface area (Å²) in [6, 6.07) is 20.8. The lowest BCUT2D eigenvalue weighted by Gasteiger charge is -2.24. The Kier molecular flexibility index (Phi) is 10.6. The number of nitrogens with one attached hydrogen (secondary N) is 3. The Labute approximate surface area is 265 Å². The molecule has 1 aromatic heterocycles. The van der Waals surface area contributed by atoms with E-state index in [4.69, 9.17) is 0 Å². The predicted molar refractivity (Wildman–Crippen MR) is 173 cm³/mol. The van der Waals surface area contributed by atoms with E-state index < -0.39 is 39.9 Å². The number of carbonyl (C=O) groups excluding carboxylic acids is 3. The first-order valence-corrected chi connectivity index (χ1v) is 16.6. The van der Waals surface area contributed by atoms with Crippen molar-refractivity contribution in [3.05, 3.63) is 106 Å². The quantitative estimate of drug-likeness (QED) is 0.181. The van der Waals surface area contributed by atoms with Crippen LogP contribution in [0.5, 0.6) is 0 Å². The van der Waals surface area contributed by atoms with Crippen LogP contribution < -0.4 is 20.3 Å². The van der Waals surface area contributed by atoms with Crippen molar-refractivity contribution in [2.45, 2.75) is 38.5 Å². The van der Waals surface area contributed by atoms with E-state index in [0.717, 1.165) is 33.0 Å². The van der Waals surface area contributed by atoms with Crippen molar-refractivity contribution in [3.8, 4) is 0 Å². The van der Waals surface area contributed by atoms with Gasteiger partial charge in [-0.15, -0.1) is 10.2 Å². The smallest absolute Gasteiger partial charge is 0.257 e. The number of aromatic nitrogens is 2. The number of rotatable bonds is 12. The molecule has 1 heterocycles. The maximum atomic E-state index is 13.7. The Morgan fingerprint density at radius 3 is 2.04 bits per heavy atom. The number of nitrogens with zero attached hydrogens (tertiary/aromatic N) is 3. The summed E-state index contributed by atoms with van der Waals surface area (Å²) in [5, 5.41) is 27.7. The van der Waals surface area contributed by atoms with Crippen molar-refractivity contribution >= 4 is 49.9 Å². The van der Waals surface area contributed by atoms with E-state index in [-0.39, 0.29) is 34.4 Å². The van der Waals surface area contributed by atoms with Gasteiger partial charge < -0.3 is 15.7 Å². The van der Waals surface area contributed by atoms with E-state index in [1.807, 2.05) is 36.4 Å². The predicted octanol–water partition coefficient (Wildman–Crippen LogP) is 3.07. The Balaban J connectivity index is 1.64. The van der Waals surface area contributed by atoms with E-state index in [2.05, 4.69) is 26.1 Å². The molecule has 0 fully saturated rings. The minimum absolute atomic E-state index is 0.0421. The van der Waals surface area contributed by atoms with Crippen molar-refractivity contribution in [1.29, 1.82) is 0 Å². The third kappa shape index (κ3) is 8.94. The molecule has 0 bridgehead atoms. The summed E-state index contributed by atoms with van der Waals surface area (Å²) < 4.78 is 25.7. The fraction of sp³-hybridized carbons (Fsp3) is 0.258. The number of aliphatic hydroxyl groups excluding tert-OH is 1. The first kappa shape index (κ1) is 33.2. The van der Waals surface area contributed by atoms with Gasteiger partial charge in [-0.3, -0.25) is 24.0 Å². The van der Waals surface area contributed by atoms with E-state index in [1.165, 1.54) is 25.2 Å². The van der Waals surface area contributed by atoms with Crippen LogP contribution >= 0.6 is 11.3 Å². The van der Waals surface area contributed by atoms with Gasteiger partial charge in [0.2, 0.25) is 15.2 Å². The lowest BCUT2D eigenvalue weighted by molar-refractivity contribution is -0.125. The average Bonchev–Trinajstić information content (AvgIpc) is 3.44. The SMILES string of the molecule is Cc1nnc(NC(=O)[C@H](O)[C@H](Cc2ccccc2)NC(=O)c2cc(C(=O)N[C@H](C)c3ccccc3)cc(N(C)S(C)(=O)=O)c2)s1. The fourth-order valence-corrected chi connectivity index (χ4v) is 5.51. The third-order valence-electron chi connectivity index (χ3n) is 6.97. The molecule has 3 aromatic carbocycles. The molecule has 0 unspecified atom stereocenters. The highest BCUT2D eigenvalue weighted by molar-refractivity contribution is 7.92. The van der Waals surface area contributed by atoms with Crippen LogP contribution in [-0.4, -0.2) is 66.9 Å². The van der Waals surface area contributed by atoms with Crippen molar-refractivity contribution in [1.82, 2.24) is 20.8 Å². The zero-order chi connectivity index (χ0) is 32.7. The molecule has 4 rings (SSSR count). The van der Waals surface area contributed by atoms with E-state index in [1.54, 1.807) is 38.1 Å². The lowest BCUT2D eigenvalue weighted by Crippen LogP contribution is -2.50. The zero-order valence-corrected chi connectivity index (χ0v) is 26.7. The standard InChI is InChI=1S/C31H34N6O6S2/c1-19(22-13-9-6-10-14-22)32-28(39)23-16-24(18-25(17-23)37(3)45(4,42)43)29(40)33-26(15-21-11-7-5-8-12-21)27(38)30(41)34-31-36-35-20(2)44-31/h5-14,16-19,26-27,38H,15H2,1-4H3,(H,32,39)(H,33,40)(H,34,36,41)/t19-,26+,27-/m1/s1. The first-order chi connectivity index (χ1) is 21.3. The lowest BCUT2D eigenvalue weighted by atomic mass is 9.99. The Bertz CT molecular complexity index is 1770. The molecule has 14 heteroatoms. The molecule has 236 valence electrons. The molecular formula is C31H34N6O6S2. The van der Waals surface area contributed by atoms with Crippen molar-refractivity contribution in [2.24, 2.45) is 0 Å². The van der Waals surface area contributed by atoms with Crippen molar-refractivity contribution < 1.29 is 27.9 Å². The zero-order valence-electron chi connectivity index (χ0n) is 25.1. The topological polar surface area (TPSA) is 171 Å². The molecule has 0 aliphatic heterocycles. The van der Waals surface area contributed by atoms with Gasteiger partial charge in [-0.2, -0.15) is 0 Å². The van der Waals surface area contributed by atoms with Crippen LogP contribution in [0, 0.1) is 6.92 Å². The molecule has 3 amide bonds. The van der Waals surface area contributed by atoms with Crippen LogP contribution in [0.3, 0.4) is 0 Å². The third-order valence-corrected chi connectivity index (χ3v) is 8.93. The average molecular weight is 651 g/mol. The highest BCUT2D eigenvalue weighted by atomic mass is 32.2. The number of anilines is 2. The summed E-state index contributed by atoms with van der Waals surface area (Å²) in [5.41, 5.74) is 1.66. The second-order valence-corrected chi connectivity index (χ2v) is 13.6. The molecule has 4 N–H and O–H groups in total. The summed E-state index contributed by atoms with van der Waals surface area (Å²) in [6.45, 7) is 3.52. The molecule has 0 spiro atoms. The fourth-order valence-electron chi connectivity index (χ4n) is 4.42. The molecule has 4 aromatic rings. The van der Waals surface area contributed by atoms with Gasteiger partial charge in [-0.25, -0.2) is 8.42 Å². The largest absolute Gasteiger partial charge is 0.381 e. The minimum atomic E-state index is -3.76. The van der Waals surface area contributed by atoms with Gasteiger partial charge in [0, 0.05) is 18.2 Å². The van der Waals surface area contributed by atoms with E-state index in [9.17, 15) is 27.9 Å². The summed E-state index contributed by atoms with van der Waals surface area (Å²) in [6.07, 6.45) is -0.614. The number of amides is 3. The Hall–Kier alpha value is -4.66. The highest BCUT2D eigenvalue weighted by Crippen LogP contribution is 2.23. The molecule has 3 atom stereocenters. The first-order valence-electron chi connectivity index (χ1n) is 13.9. The summed E-state index contributed by atoms with van der Waals surface area (Å²) >= 11 is 1.13. The second-order valence-electron chi connectivity index (χ2n) is 10.4. The molecular weight excluding hydrogens is 617 g/mol. The number of carbonyl (C=O) groups is 3. The van der Waals surface area contributed by atoms with Crippen molar-refractivity contribution in [2.75, 3.05) is 22.9 Å². The molecule has 0 aliphatic carbocycles. The van der Waals surface area contributed by atoms with Gasteiger partial charge in [0.15, 0.2) is 6.10 Å². The second kappa shape index (κ2) is 14.4. The van der Waals surface area contributed by atoms with Gasteiger partial charge in [0.1, 0.15) is 5.01 Å². The van der Waals surface area contributed by atoms with Gasteiger partial charge in [-0.1, -0.05) is 72.0 Å². The van der Waals surface area contributed by atoms with Crippen molar-refractivity contribution in [3.63, 3.8) is 0 Å². The van der Waals surface area contributed by atoms with Crippen LogP contribution in [0.15, 0.2) is 78.9 Å². The summed E-state index contributed by atoms with van der Waals surface area (Å²) in [5.74, 6) is -2.06. The number of sulfonamides is 1. The molecule has 12 nitrogen and oxygen atoms in total. The monoisotopic (exact) mass is 650 g/mol. The normalized spacial score (nSPS) is 13.3. The van der Waals surface area contributed by atoms with Gasteiger partial charge in [-0.05, 0) is 49.6 Å². The maximum absolute atomic E-state index is 13.7. The van der Waals surface area contributed by atoms with E-state index >= 15 is 0 Å². The minimum Gasteiger partial charge on any atom is -0.381 e. The Morgan fingerprint density at radius 1 is 0.911 bits per heavy atom. The van der Waals surface area contributed by atoms with Crippen LogP contribution in [0.4, 0.5) is 10.8 Å².